The first-order valence-corrected chi connectivity index (χ1v) is 6.69. The van der Waals surface area contributed by atoms with Crippen LogP contribution in [0, 0.1) is 0 Å². The van der Waals surface area contributed by atoms with Crippen molar-refractivity contribution in [3.05, 3.63) is 0 Å². The number of piperidine rings is 1. The summed E-state index contributed by atoms with van der Waals surface area (Å²) in [5.41, 5.74) is -0.566. The van der Waals surface area contributed by atoms with Gasteiger partial charge in [-0.3, -0.25) is 9.69 Å². The number of ether oxygens (including phenoxy) is 1. The number of methoxy groups -OCH3 is 1. The Morgan fingerprint density at radius 1 is 1.35 bits per heavy atom. The van der Waals surface area contributed by atoms with Gasteiger partial charge in [0.15, 0.2) is 0 Å². The van der Waals surface area contributed by atoms with Gasteiger partial charge in [-0.15, -0.1) is 0 Å². The number of nitrogens with zero attached hydrogens (tertiary/aromatic N) is 1. The molecule has 4 heteroatoms. The van der Waals surface area contributed by atoms with Crippen LogP contribution in [0.1, 0.15) is 44.9 Å². The van der Waals surface area contributed by atoms with E-state index in [4.69, 9.17) is 4.74 Å². The topological polar surface area (TPSA) is 49.8 Å². The van der Waals surface area contributed by atoms with Crippen LogP contribution in [0.3, 0.4) is 0 Å². The van der Waals surface area contributed by atoms with Gasteiger partial charge in [0.25, 0.3) is 0 Å². The first-order valence-electron chi connectivity index (χ1n) is 6.69. The third-order valence-electron chi connectivity index (χ3n) is 4.12. The van der Waals surface area contributed by atoms with Crippen molar-refractivity contribution in [2.24, 2.45) is 0 Å². The van der Waals surface area contributed by atoms with Gasteiger partial charge in [0.1, 0.15) is 6.04 Å². The fourth-order valence-electron chi connectivity index (χ4n) is 3.15. The van der Waals surface area contributed by atoms with Crippen LogP contribution in [-0.4, -0.2) is 47.8 Å². The SMILES string of the molecule is COC(=O)[C@H]1CCCCN1CC1(O)CCCC1. The summed E-state index contributed by atoms with van der Waals surface area (Å²) in [6.45, 7) is 1.54. The lowest BCUT2D eigenvalue weighted by Gasteiger charge is -2.38. The maximum absolute atomic E-state index is 11.7. The van der Waals surface area contributed by atoms with E-state index in [2.05, 4.69) is 4.90 Å². The van der Waals surface area contributed by atoms with Crippen LogP contribution in [0.2, 0.25) is 0 Å². The third-order valence-corrected chi connectivity index (χ3v) is 4.12. The summed E-state index contributed by atoms with van der Waals surface area (Å²) in [5, 5.41) is 10.4. The molecule has 17 heavy (non-hydrogen) atoms. The second-order valence-electron chi connectivity index (χ2n) is 5.44. The molecule has 0 aromatic carbocycles. The number of carbonyl (C=O) groups excluding carboxylic acids is 1. The highest BCUT2D eigenvalue weighted by molar-refractivity contribution is 5.75. The maximum Gasteiger partial charge on any atom is 0.323 e. The molecule has 1 aliphatic carbocycles. The Hall–Kier alpha value is -0.610. The van der Waals surface area contributed by atoms with Crippen molar-refractivity contribution in [1.82, 2.24) is 4.90 Å². The van der Waals surface area contributed by atoms with Gasteiger partial charge >= 0.3 is 5.97 Å². The molecule has 98 valence electrons. The molecule has 4 nitrogen and oxygen atoms in total. The number of hydrogen-bond donors (Lipinski definition) is 1. The summed E-state index contributed by atoms with van der Waals surface area (Å²) in [6, 6.07) is -0.140. The van der Waals surface area contributed by atoms with Gasteiger partial charge in [-0.1, -0.05) is 19.3 Å². The van der Waals surface area contributed by atoms with Crippen LogP contribution in [0.4, 0.5) is 0 Å². The molecule has 1 aliphatic heterocycles. The van der Waals surface area contributed by atoms with E-state index in [9.17, 15) is 9.90 Å². The number of β-amino-alcohol motifs (C(OH)–C–C–N with tert-alkyl or cyclic N) is 1. The highest BCUT2D eigenvalue weighted by Crippen LogP contribution is 2.32. The Morgan fingerprint density at radius 3 is 2.71 bits per heavy atom. The highest BCUT2D eigenvalue weighted by Gasteiger charge is 2.38. The van der Waals surface area contributed by atoms with E-state index < -0.39 is 5.60 Å². The molecule has 0 radical (unpaired) electrons. The fourth-order valence-corrected chi connectivity index (χ4v) is 3.15. The smallest absolute Gasteiger partial charge is 0.323 e. The average Bonchev–Trinajstić information content (AvgIpc) is 2.75. The summed E-state index contributed by atoms with van der Waals surface area (Å²) >= 11 is 0. The van der Waals surface area contributed by atoms with Crippen LogP contribution in [0.15, 0.2) is 0 Å². The van der Waals surface area contributed by atoms with E-state index in [0.29, 0.717) is 6.54 Å². The Labute approximate surface area is 103 Å². The average molecular weight is 241 g/mol. The standard InChI is InChI=1S/C13H23NO3/c1-17-12(15)11-6-2-5-9-14(11)10-13(16)7-3-4-8-13/h11,16H,2-10H2,1H3/t11-/m1/s1. The molecule has 0 spiro atoms. The highest BCUT2D eigenvalue weighted by atomic mass is 16.5. The number of likely N-dealkylation sites (tertiary alicyclic amines) is 1. The summed E-state index contributed by atoms with van der Waals surface area (Å²) in [6.07, 6.45) is 7.01. The summed E-state index contributed by atoms with van der Waals surface area (Å²) in [7, 11) is 1.44. The van der Waals surface area contributed by atoms with Gasteiger partial charge in [0.2, 0.25) is 0 Å². The molecular formula is C13H23NO3. The first-order chi connectivity index (χ1) is 8.14. The number of esters is 1. The van der Waals surface area contributed by atoms with E-state index >= 15 is 0 Å². The lowest BCUT2D eigenvalue weighted by atomic mass is 9.96. The number of carbonyl (C=O) groups is 1. The van der Waals surface area contributed by atoms with Gasteiger partial charge in [-0.2, -0.15) is 0 Å². The van der Waals surface area contributed by atoms with Gasteiger partial charge in [0, 0.05) is 6.54 Å². The normalized spacial score (nSPS) is 29.2. The predicted molar refractivity (Wildman–Crippen MR) is 64.6 cm³/mol. The Kier molecular flexibility index (Phi) is 4.05. The monoisotopic (exact) mass is 241 g/mol. The summed E-state index contributed by atoms with van der Waals surface area (Å²) < 4.78 is 4.86. The maximum atomic E-state index is 11.7. The molecule has 1 saturated carbocycles. The summed E-state index contributed by atoms with van der Waals surface area (Å²) in [5.74, 6) is -0.147. The van der Waals surface area contributed by atoms with E-state index in [-0.39, 0.29) is 12.0 Å². The second-order valence-corrected chi connectivity index (χ2v) is 5.44. The first kappa shape index (κ1) is 12.8. The molecule has 2 rings (SSSR count). The van der Waals surface area contributed by atoms with Crippen LogP contribution in [0.5, 0.6) is 0 Å². The van der Waals surface area contributed by atoms with Crippen LogP contribution in [-0.2, 0) is 9.53 Å². The molecule has 0 aromatic heterocycles. The predicted octanol–water partition coefficient (Wildman–Crippen LogP) is 1.32. The van der Waals surface area contributed by atoms with Gasteiger partial charge in [0.05, 0.1) is 12.7 Å². The van der Waals surface area contributed by atoms with Gasteiger partial charge < -0.3 is 9.84 Å². The van der Waals surface area contributed by atoms with Crippen molar-refractivity contribution >= 4 is 5.97 Å². The van der Waals surface area contributed by atoms with Crippen LogP contribution >= 0.6 is 0 Å². The lowest BCUT2D eigenvalue weighted by Crippen LogP contribution is -2.51. The molecule has 0 unspecified atom stereocenters. The molecule has 0 aromatic rings. The Morgan fingerprint density at radius 2 is 2.06 bits per heavy atom. The third kappa shape index (κ3) is 2.99. The number of aliphatic hydroxyl groups is 1. The minimum Gasteiger partial charge on any atom is -0.468 e. The lowest BCUT2D eigenvalue weighted by molar-refractivity contribution is -0.149. The van der Waals surface area contributed by atoms with Gasteiger partial charge in [-0.25, -0.2) is 0 Å². The zero-order valence-electron chi connectivity index (χ0n) is 10.7. The Bertz CT molecular complexity index is 274. The molecule has 2 aliphatic rings. The van der Waals surface area contributed by atoms with Crippen molar-refractivity contribution in [3.8, 4) is 0 Å². The van der Waals surface area contributed by atoms with E-state index in [0.717, 1.165) is 51.5 Å². The van der Waals surface area contributed by atoms with Crippen molar-refractivity contribution < 1.29 is 14.6 Å². The largest absolute Gasteiger partial charge is 0.468 e. The van der Waals surface area contributed by atoms with E-state index in [1.165, 1.54) is 7.11 Å². The van der Waals surface area contributed by atoms with Crippen molar-refractivity contribution in [2.45, 2.75) is 56.6 Å². The molecule has 0 bridgehead atoms. The van der Waals surface area contributed by atoms with Crippen LogP contribution < -0.4 is 0 Å². The Balaban J connectivity index is 1.98. The summed E-state index contributed by atoms with van der Waals surface area (Å²) in [4.78, 5) is 13.8. The van der Waals surface area contributed by atoms with Crippen molar-refractivity contribution in [2.75, 3.05) is 20.2 Å². The minimum atomic E-state index is -0.566. The van der Waals surface area contributed by atoms with Crippen molar-refractivity contribution in [1.29, 1.82) is 0 Å². The molecule has 2 fully saturated rings. The second kappa shape index (κ2) is 5.36. The molecule has 1 saturated heterocycles. The van der Waals surface area contributed by atoms with Crippen molar-refractivity contribution in [3.63, 3.8) is 0 Å². The van der Waals surface area contributed by atoms with E-state index in [1.807, 2.05) is 0 Å². The zero-order valence-corrected chi connectivity index (χ0v) is 10.7. The molecule has 1 N–H and O–H groups in total. The molecule has 1 atom stereocenters. The number of hydrogen-bond acceptors (Lipinski definition) is 4. The molecular weight excluding hydrogens is 218 g/mol. The molecule has 1 heterocycles. The van der Waals surface area contributed by atoms with E-state index in [1.54, 1.807) is 0 Å². The molecule has 0 amide bonds. The van der Waals surface area contributed by atoms with Gasteiger partial charge in [-0.05, 0) is 32.2 Å². The minimum absolute atomic E-state index is 0.140. The van der Waals surface area contributed by atoms with Crippen LogP contribution in [0.25, 0.3) is 0 Å². The zero-order chi connectivity index (χ0) is 12.3. The number of rotatable bonds is 3. The fraction of sp³-hybridized carbons (Fsp3) is 0.923. The quantitative estimate of drug-likeness (QED) is 0.757.